The maximum absolute atomic E-state index is 11.7. The van der Waals surface area contributed by atoms with Crippen LogP contribution >= 0.6 is 0 Å². The molecule has 0 N–H and O–H groups in total. The molecule has 0 aromatic heterocycles. The van der Waals surface area contributed by atoms with Gasteiger partial charge in [0.1, 0.15) is 6.61 Å². The third-order valence-corrected chi connectivity index (χ3v) is 0.721. The Morgan fingerprint density at radius 1 is 1.09 bits per heavy atom. The highest BCUT2D eigenvalue weighted by Crippen LogP contribution is 2.23. The van der Waals surface area contributed by atoms with E-state index in [0.29, 0.717) is 0 Å². The Labute approximate surface area is 57.9 Å². The molecule has 11 heavy (non-hydrogen) atoms. The monoisotopic (exact) mass is 182 g/mol. The summed E-state index contributed by atoms with van der Waals surface area (Å²) in [6, 6.07) is 0. The summed E-state index contributed by atoms with van der Waals surface area (Å²) in [5, 5.41) is 0. The third kappa shape index (κ3) is 4.07. The molecule has 0 aromatic carbocycles. The van der Waals surface area contributed by atoms with Gasteiger partial charge in [-0.25, -0.2) is 8.78 Å². The van der Waals surface area contributed by atoms with Gasteiger partial charge < -0.3 is 4.74 Å². The van der Waals surface area contributed by atoms with Crippen LogP contribution in [-0.4, -0.2) is 25.6 Å². The van der Waals surface area contributed by atoms with E-state index in [1.54, 1.807) is 0 Å². The molecule has 0 heterocycles. The maximum Gasteiger partial charge on any atom is 0.345 e. The first-order valence-electron chi connectivity index (χ1n) is 2.42. The van der Waals surface area contributed by atoms with Crippen molar-refractivity contribution in [3.63, 3.8) is 0 Å². The van der Waals surface area contributed by atoms with Crippen molar-refractivity contribution in [2.24, 2.45) is 0 Å². The second-order valence-electron chi connectivity index (χ2n) is 1.63. The fourth-order valence-corrected chi connectivity index (χ4v) is 0.237. The van der Waals surface area contributed by atoms with Gasteiger partial charge in [0.2, 0.25) is 0 Å². The van der Waals surface area contributed by atoms with E-state index in [4.69, 9.17) is 0 Å². The summed E-state index contributed by atoms with van der Waals surface area (Å²) >= 11 is 0. The van der Waals surface area contributed by atoms with E-state index in [1.807, 2.05) is 0 Å². The Morgan fingerprint density at radius 2 is 1.55 bits per heavy atom. The van der Waals surface area contributed by atoms with Crippen LogP contribution in [0.4, 0.5) is 26.3 Å². The zero-order valence-electron chi connectivity index (χ0n) is 5.04. The van der Waals surface area contributed by atoms with Crippen LogP contribution in [0, 0.1) is 0 Å². The standard InChI is InChI=1S/C4H4F6O/c5-2(6)4(9,10)1-11-3(7)8/h2-3H,1H2. The zero-order valence-corrected chi connectivity index (χ0v) is 5.04. The molecule has 0 unspecified atom stereocenters. The van der Waals surface area contributed by atoms with Crippen molar-refractivity contribution in [3.8, 4) is 0 Å². The molecule has 0 bridgehead atoms. The number of ether oxygens (including phenoxy) is 1. The summed E-state index contributed by atoms with van der Waals surface area (Å²) < 4.78 is 70.8. The largest absolute Gasteiger partial charge is 0.345 e. The Bertz CT molecular complexity index is 113. The van der Waals surface area contributed by atoms with Crippen molar-refractivity contribution in [2.45, 2.75) is 19.0 Å². The van der Waals surface area contributed by atoms with E-state index >= 15 is 0 Å². The fourth-order valence-electron chi connectivity index (χ4n) is 0.237. The lowest BCUT2D eigenvalue weighted by atomic mass is 10.4. The minimum Gasteiger partial charge on any atom is -0.316 e. The summed E-state index contributed by atoms with van der Waals surface area (Å²) in [6.07, 6.45) is -3.98. The van der Waals surface area contributed by atoms with Gasteiger partial charge in [0.25, 0.3) is 0 Å². The molecular formula is C4H4F6O. The summed E-state index contributed by atoms with van der Waals surface area (Å²) in [5.41, 5.74) is 0. The van der Waals surface area contributed by atoms with Crippen LogP contribution in [0.25, 0.3) is 0 Å². The average Bonchev–Trinajstić information content (AvgIpc) is 1.84. The lowest BCUT2D eigenvalue weighted by molar-refractivity contribution is -0.218. The molecule has 68 valence electrons. The van der Waals surface area contributed by atoms with Crippen molar-refractivity contribution < 1.29 is 31.1 Å². The summed E-state index contributed by atoms with van der Waals surface area (Å²) in [5.74, 6) is -4.50. The maximum atomic E-state index is 11.7. The van der Waals surface area contributed by atoms with Crippen molar-refractivity contribution in [2.75, 3.05) is 6.61 Å². The van der Waals surface area contributed by atoms with Crippen LogP contribution in [0.1, 0.15) is 0 Å². The highest BCUT2D eigenvalue weighted by atomic mass is 19.3. The molecule has 0 rings (SSSR count). The fraction of sp³-hybridized carbons (Fsp3) is 1.00. The Morgan fingerprint density at radius 3 is 1.82 bits per heavy atom. The van der Waals surface area contributed by atoms with Gasteiger partial charge in [-0.1, -0.05) is 0 Å². The smallest absolute Gasteiger partial charge is 0.316 e. The van der Waals surface area contributed by atoms with E-state index in [9.17, 15) is 26.3 Å². The molecule has 1 nitrogen and oxygen atoms in total. The van der Waals surface area contributed by atoms with E-state index in [2.05, 4.69) is 4.74 Å². The van der Waals surface area contributed by atoms with Gasteiger partial charge >= 0.3 is 19.0 Å². The molecular weight excluding hydrogens is 178 g/mol. The molecule has 0 spiro atoms. The van der Waals surface area contributed by atoms with E-state index < -0.39 is 25.6 Å². The van der Waals surface area contributed by atoms with Gasteiger partial charge in [-0.2, -0.15) is 17.6 Å². The third-order valence-electron chi connectivity index (χ3n) is 0.721. The quantitative estimate of drug-likeness (QED) is 0.605. The van der Waals surface area contributed by atoms with Crippen molar-refractivity contribution in [1.29, 1.82) is 0 Å². The Balaban J connectivity index is 3.73. The lowest BCUT2D eigenvalue weighted by Gasteiger charge is -2.14. The molecule has 0 amide bonds. The Kier molecular flexibility index (Phi) is 3.64. The van der Waals surface area contributed by atoms with E-state index in [1.165, 1.54) is 0 Å². The lowest BCUT2D eigenvalue weighted by Crippen LogP contribution is -2.33. The molecule has 0 saturated carbocycles. The molecule has 0 aliphatic rings. The van der Waals surface area contributed by atoms with E-state index in [0.717, 1.165) is 0 Å². The van der Waals surface area contributed by atoms with Crippen LogP contribution in [-0.2, 0) is 4.74 Å². The number of rotatable bonds is 4. The second kappa shape index (κ2) is 3.80. The molecule has 0 aromatic rings. The Hall–Kier alpha value is -0.460. The van der Waals surface area contributed by atoms with Gasteiger partial charge in [0, 0.05) is 0 Å². The van der Waals surface area contributed by atoms with Crippen LogP contribution in [0.2, 0.25) is 0 Å². The van der Waals surface area contributed by atoms with Crippen LogP contribution < -0.4 is 0 Å². The number of hydrogen-bond acceptors (Lipinski definition) is 1. The number of halogens is 6. The normalized spacial score (nSPS) is 13.1. The van der Waals surface area contributed by atoms with Gasteiger partial charge in [0.15, 0.2) is 0 Å². The molecule has 0 fully saturated rings. The SMILES string of the molecule is FC(F)OCC(F)(F)C(F)F. The topological polar surface area (TPSA) is 9.23 Å². The number of hydrogen-bond donors (Lipinski definition) is 0. The first-order chi connectivity index (χ1) is 4.86. The molecule has 0 aliphatic heterocycles. The van der Waals surface area contributed by atoms with Crippen LogP contribution in [0.3, 0.4) is 0 Å². The summed E-state index contributed by atoms with van der Waals surface area (Å²) in [7, 11) is 0. The van der Waals surface area contributed by atoms with Gasteiger partial charge in [-0.3, -0.25) is 0 Å². The minimum atomic E-state index is -4.50. The van der Waals surface area contributed by atoms with Gasteiger partial charge in [0.05, 0.1) is 0 Å². The molecule has 7 heteroatoms. The minimum absolute atomic E-state index is 1.97. The summed E-state index contributed by atoms with van der Waals surface area (Å²) in [4.78, 5) is 0. The van der Waals surface area contributed by atoms with Crippen molar-refractivity contribution in [1.82, 2.24) is 0 Å². The van der Waals surface area contributed by atoms with Gasteiger partial charge in [-0.15, -0.1) is 0 Å². The van der Waals surface area contributed by atoms with Crippen molar-refractivity contribution in [3.05, 3.63) is 0 Å². The molecule has 0 atom stereocenters. The molecule has 0 saturated heterocycles. The predicted octanol–water partition coefficient (Wildman–Crippen LogP) is 2.13. The highest BCUT2D eigenvalue weighted by Gasteiger charge is 2.41. The van der Waals surface area contributed by atoms with E-state index in [-0.39, 0.29) is 0 Å². The second-order valence-corrected chi connectivity index (χ2v) is 1.63. The molecule has 0 radical (unpaired) electrons. The summed E-state index contributed by atoms with van der Waals surface area (Å²) in [6.45, 7) is -5.43. The predicted molar refractivity (Wildman–Crippen MR) is 22.9 cm³/mol. The van der Waals surface area contributed by atoms with Gasteiger partial charge in [-0.05, 0) is 0 Å². The average molecular weight is 182 g/mol. The number of alkyl halides is 6. The van der Waals surface area contributed by atoms with Crippen LogP contribution in [0.15, 0.2) is 0 Å². The first kappa shape index (κ1) is 10.5. The first-order valence-corrected chi connectivity index (χ1v) is 2.42. The molecule has 0 aliphatic carbocycles. The zero-order chi connectivity index (χ0) is 9.07. The van der Waals surface area contributed by atoms with Crippen LogP contribution in [0.5, 0.6) is 0 Å². The van der Waals surface area contributed by atoms with Crippen molar-refractivity contribution >= 4 is 0 Å². The highest BCUT2D eigenvalue weighted by molar-refractivity contribution is 4.67.